The molecular formula is C21H21N5O2. The molecule has 0 aliphatic carbocycles. The number of nitrogens with zero attached hydrogens (tertiary/aromatic N) is 4. The van der Waals surface area contributed by atoms with Crippen LogP contribution in [0.25, 0.3) is 17.2 Å². The van der Waals surface area contributed by atoms with Crippen LogP contribution in [0.4, 0.5) is 11.4 Å². The molecule has 0 spiro atoms. The number of hydrogen-bond acceptors (Lipinski definition) is 4. The quantitative estimate of drug-likeness (QED) is 0.695. The fourth-order valence-electron chi connectivity index (χ4n) is 2.66. The summed E-state index contributed by atoms with van der Waals surface area (Å²) < 4.78 is 1.73. The first kappa shape index (κ1) is 19.0. The van der Waals surface area contributed by atoms with Crippen LogP contribution < -0.4 is 10.2 Å². The van der Waals surface area contributed by atoms with E-state index in [4.69, 9.17) is 0 Å². The number of anilines is 2. The Balaban J connectivity index is 1.70. The molecule has 1 aromatic carbocycles. The number of carbonyl (C=O) groups excluding carboxylic acids is 2. The minimum atomic E-state index is -0.256. The molecule has 1 N–H and O–H groups in total. The van der Waals surface area contributed by atoms with Crippen molar-refractivity contribution in [1.29, 1.82) is 0 Å². The zero-order chi connectivity index (χ0) is 20.1. The van der Waals surface area contributed by atoms with Crippen molar-refractivity contribution in [3.05, 3.63) is 66.8 Å². The third kappa shape index (κ3) is 4.50. The number of aromatic nitrogens is 3. The van der Waals surface area contributed by atoms with Crippen molar-refractivity contribution in [2.45, 2.75) is 6.92 Å². The standard InChI is InChI=1S/C21H21N5O2/c1-15(27)26(3)19-7-5-18(6-8-19)24-21(28)9-4-16-12-22-11-10-20(16)17-13-23-25(2)14-17/h4-14H,1-3H3,(H,24,28). The lowest BCUT2D eigenvalue weighted by atomic mass is 10.0. The maximum atomic E-state index is 12.3. The molecule has 2 amide bonds. The Morgan fingerprint density at radius 2 is 1.89 bits per heavy atom. The van der Waals surface area contributed by atoms with E-state index in [1.165, 1.54) is 17.9 Å². The van der Waals surface area contributed by atoms with E-state index in [9.17, 15) is 9.59 Å². The molecule has 7 nitrogen and oxygen atoms in total. The van der Waals surface area contributed by atoms with Crippen molar-refractivity contribution in [1.82, 2.24) is 14.8 Å². The van der Waals surface area contributed by atoms with Crippen molar-refractivity contribution < 1.29 is 9.59 Å². The number of rotatable bonds is 5. The van der Waals surface area contributed by atoms with Gasteiger partial charge in [0, 0.05) is 68.2 Å². The monoisotopic (exact) mass is 375 g/mol. The number of carbonyl (C=O) groups is 2. The Morgan fingerprint density at radius 3 is 2.54 bits per heavy atom. The molecule has 0 unspecified atom stereocenters. The average Bonchev–Trinajstić information content (AvgIpc) is 3.12. The fraction of sp³-hybridized carbons (Fsp3) is 0.143. The smallest absolute Gasteiger partial charge is 0.248 e. The van der Waals surface area contributed by atoms with Crippen LogP contribution in [-0.4, -0.2) is 33.6 Å². The predicted molar refractivity (Wildman–Crippen MR) is 110 cm³/mol. The molecule has 0 fully saturated rings. The van der Waals surface area contributed by atoms with E-state index < -0.39 is 0 Å². The zero-order valence-electron chi connectivity index (χ0n) is 16.0. The number of hydrogen-bond donors (Lipinski definition) is 1. The Labute approximate surface area is 163 Å². The highest BCUT2D eigenvalue weighted by atomic mass is 16.2. The van der Waals surface area contributed by atoms with Crippen molar-refractivity contribution in [2.75, 3.05) is 17.3 Å². The van der Waals surface area contributed by atoms with E-state index in [1.807, 2.05) is 19.3 Å². The number of amides is 2. The van der Waals surface area contributed by atoms with Crippen LogP contribution in [0.2, 0.25) is 0 Å². The zero-order valence-corrected chi connectivity index (χ0v) is 16.0. The lowest BCUT2D eigenvalue weighted by molar-refractivity contribution is -0.116. The molecule has 0 radical (unpaired) electrons. The van der Waals surface area contributed by atoms with E-state index in [0.717, 1.165) is 22.4 Å². The third-order valence-electron chi connectivity index (χ3n) is 4.28. The van der Waals surface area contributed by atoms with Gasteiger partial charge in [-0.1, -0.05) is 0 Å². The van der Waals surface area contributed by atoms with Crippen LogP contribution in [0.5, 0.6) is 0 Å². The van der Waals surface area contributed by atoms with E-state index in [-0.39, 0.29) is 11.8 Å². The van der Waals surface area contributed by atoms with Gasteiger partial charge in [0.15, 0.2) is 0 Å². The highest BCUT2D eigenvalue weighted by Gasteiger charge is 2.07. The molecule has 0 saturated carbocycles. The second-order valence-corrected chi connectivity index (χ2v) is 6.31. The molecule has 3 rings (SSSR count). The highest BCUT2D eigenvalue weighted by molar-refractivity contribution is 6.02. The molecule has 2 heterocycles. The Hall–Kier alpha value is -3.74. The summed E-state index contributed by atoms with van der Waals surface area (Å²) in [7, 11) is 3.56. The molecule has 2 aromatic heterocycles. The van der Waals surface area contributed by atoms with Gasteiger partial charge in [-0.2, -0.15) is 5.10 Å². The number of nitrogens with one attached hydrogen (secondary N) is 1. The van der Waals surface area contributed by atoms with Gasteiger partial charge in [0.05, 0.1) is 6.20 Å². The maximum absolute atomic E-state index is 12.3. The highest BCUT2D eigenvalue weighted by Crippen LogP contribution is 2.23. The molecule has 0 aliphatic heterocycles. The molecule has 7 heteroatoms. The molecule has 0 aliphatic rings. The Morgan fingerprint density at radius 1 is 1.14 bits per heavy atom. The van der Waals surface area contributed by atoms with Gasteiger partial charge < -0.3 is 10.2 Å². The normalized spacial score (nSPS) is 10.8. The summed E-state index contributed by atoms with van der Waals surface area (Å²) in [6.45, 7) is 1.50. The predicted octanol–water partition coefficient (Wildman–Crippen LogP) is 3.12. The molecule has 0 atom stereocenters. The summed E-state index contributed by atoms with van der Waals surface area (Å²) >= 11 is 0. The fourth-order valence-corrected chi connectivity index (χ4v) is 2.66. The van der Waals surface area contributed by atoms with Gasteiger partial charge in [-0.3, -0.25) is 19.3 Å². The van der Waals surface area contributed by atoms with Gasteiger partial charge in [0.1, 0.15) is 0 Å². The molecule has 3 aromatic rings. The first-order valence-electron chi connectivity index (χ1n) is 8.70. The molecule has 142 valence electrons. The molecular weight excluding hydrogens is 354 g/mol. The first-order valence-corrected chi connectivity index (χ1v) is 8.70. The largest absolute Gasteiger partial charge is 0.323 e. The number of benzene rings is 1. The maximum Gasteiger partial charge on any atom is 0.248 e. The Kier molecular flexibility index (Phi) is 5.64. The van der Waals surface area contributed by atoms with Crippen LogP contribution in [0.3, 0.4) is 0 Å². The van der Waals surface area contributed by atoms with Gasteiger partial charge in [-0.05, 0) is 42.0 Å². The second-order valence-electron chi connectivity index (χ2n) is 6.31. The molecule has 0 saturated heterocycles. The summed E-state index contributed by atoms with van der Waals surface area (Å²) in [4.78, 5) is 29.3. The van der Waals surface area contributed by atoms with Crippen LogP contribution in [0, 0.1) is 0 Å². The third-order valence-corrected chi connectivity index (χ3v) is 4.28. The van der Waals surface area contributed by atoms with E-state index in [1.54, 1.807) is 60.7 Å². The minimum absolute atomic E-state index is 0.0550. The minimum Gasteiger partial charge on any atom is -0.323 e. The van der Waals surface area contributed by atoms with Crippen molar-refractivity contribution in [2.24, 2.45) is 7.05 Å². The van der Waals surface area contributed by atoms with Gasteiger partial charge in [-0.15, -0.1) is 0 Å². The second kappa shape index (κ2) is 8.30. The van der Waals surface area contributed by atoms with Crippen LogP contribution in [0.15, 0.2) is 61.2 Å². The van der Waals surface area contributed by atoms with Crippen LogP contribution in [-0.2, 0) is 16.6 Å². The van der Waals surface area contributed by atoms with Gasteiger partial charge in [-0.25, -0.2) is 0 Å². The summed E-state index contributed by atoms with van der Waals surface area (Å²) in [5, 5.41) is 6.99. The van der Waals surface area contributed by atoms with E-state index in [0.29, 0.717) is 5.69 Å². The lowest BCUT2D eigenvalue weighted by Crippen LogP contribution is -2.22. The Bertz CT molecular complexity index is 1020. The summed E-state index contributed by atoms with van der Waals surface area (Å²) in [6.07, 6.45) is 10.3. The summed E-state index contributed by atoms with van der Waals surface area (Å²) in [5.74, 6) is -0.311. The van der Waals surface area contributed by atoms with Crippen molar-refractivity contribution in [3.8, 4) is 11.1 Å². The van der Waals surface area contributed by atoms with Crippen molar-refractivity contribution in [3.63, 3.8) is 0 Å². The van der Waals surface area contributed by atoms with Gasteiger partial charge >= 0.3 is 0 Å². The van der Waals surface area contributed by atoms with Crippen LogP contribution in [0.1, 0.15) is 12.5 Å². The van der Waals surface area contributed by atoms with Crippen molar-refractivity contribution >= 4 is 29.3 Å². The topological polar surface area (TPSA) is 80.1 Å². The summed E-state index contributed by atoms with van der Waals surface area (Å²) in [6, 6.07) is 8.96. The SMILES string of the molecule is CC(=O)N(C)c1ccc(NC(=O)C=Cc2cnccc2-c2cnn(C)c2)cc1. The molecule has 28 heavy (non-hydrogen) atoms. The van der Waals surface area contributed by atoms with Gasteiger partial charge in [0.25, 0.3) is 0 Å². The van der Waals surface area contributed by atoms with Gasteiger partial charge in [0.2, 0.25) is 11.8 Å². The first-order chi connectivity index (χ1) is 13.4. The van der Waals surface area contributed by atoms with E-state index >= 15 is 0 Å². The molecule has 0 bridgehead atoms. The summed E-state index contributed by atoms with van der Waals surface area (Å²) in [5.41, 5.74) is 4.13. The number of pyridine rings is 1. The van der Waals surface area contributed by atoms with E-state index in [2.05, 4.69) is 15.4 Å². The van der Waals surface area contributed by atoms with Crippen LogP contribution >= 0.6 is 0 Å². The lowest BCUT2D eigenvalue weighted by Gasteiger charge is -2.15. The average molecular weight is 375 g/mol. The number of aryl methyl sites for hydroxylation is 1.